The number of anilines is 3. The van der Waals surface area contributed by atoms with E-state index in [0.29, 0.717) is 11.3 Å². The number of hydrogen-bond donors (Lipinski definition) is 0. The lowest BCUT2D eigenvalue weighted by atomic mass is 9.93. The summed E-state index contributed by atoms with van der Waals surface area (Å²) in [4.78, 5) is 21.9. The highest BCUT2D eigenvalue weighted by Crippen LogP contribution is 2.49. The van der Waals surface area contributed by atoms with E-state index in [4.69, 9.17) is 4.74 Å². The van der Waals surface area contributed by atoms with E-state index < -0.39 is 5.72 Å². The summed E-state index contributed by atoms with van der Waals surface area (Å²) in [5, 5.41) is 0. The normalized spacial score (nSPS) is 16.9. The minimum Gasteiger partial charge on any atom is -0.424 e. The molecule has 0 radical (unpaired) electrons. The average molecular weight is 422 g/mol. The first-order valence-electron chi connectivity index (χ1n) is 10.5. The molecule has 1 aliphatic heterocycles. The van der Waals surface area contributed by atoms with Gasteiger partial charge in [0.1, 0.15) is 5.69 Å². The fraction of sp³-hybridized carbons (Fsp3) is 0.111. The van der Waals surface area contributed by atoms with E-state index >= 15 is 0 Å². The van der Waals surface area contributed by atoms with E-state index in [-0.39, 0.29) is 5.97 Å². The molecular weight excluding hydrogens is 398 g/mol. The van der Waals surface area contributed by atoms with E-state index in [9.17, 15) is 4.79 Å². The largest absolute Gasteiger partial charge is 0.424 e. The van der Waals surface area contributed by atoms with E-state index in [1.165, 1.54) is 0 Å². The molecule has 0 fully saturated rings. The highest BCUT2D eigenvalue weighted by molar-refractivity contribution is 5.96. The molecule has 0 N–H and O–H groups in total. The maximum atomic E-state index is 13.1. The predicted molar refractivity (Wildman–Crippen MR) is 126 cm³/mol. The molecule has 1 aliphatic rings. The molecule has 0 saturated heterocycles. The number of carbonyl (C=O) groups excluding carboxylic acids is 1. The Morgan fingerprint density at radius 1 is 0.719 bits per heavy atom. The Morgan fingerprint density at radius 2 is 1.31 bits per heavy atom. The minimum absolute atomic E-state index is 0.387. The number of benzene rings is 3. The van der Waals surface area contributed by atoms with Gasteiger partial charge in [0.2, 0.25) is 0 Å². The maximum absolute atomic E-state index is 13.1. The first kappa shape index (κ1) is 19.8. The van der Waals surface area contributed by atoms with Crippen molar-refractivity contribution in [2.75, 3.05) is 23.9 Å². The molecule has 5 rings (SSSR count). The molecule has 5 nitrogen and oxygen atoms in total. The van der Waals surface area contributed by atoms with Crippen molar-refractivity contribution in [3.63, 3.8) is 0 Å². The zero-order chi connectivity index (χ0) is 22.1. The van der Waals surface area contributed by atoms with Crippen LogP contribution in [0.4, 0.5) is 17.1 Å². The molecule has 0 bridgehead atoms. The first-order valence-corrected chi connectivity index (χ1v) is 10.5. The van der Waals surface area contributed by atoms with Crippen LogP contribution in [0.5, 0.6) is 0 Å². The second-order valence-corrected chi connectivity index (χ2v) is 7.88. The van der Waals surface area contributed by atoms with Crippen LogP contribution in [0.25, 0.3) is 0 Å². The smallest absolute Gasteiger partial charge is 0.342 e. The molecule has 0 spiro atoms. The van der Waals surface area contributed by atoms with Crippen LogP contribution >= 0.6 is 0 Å². The third-order valence-corrected chi connectivity index (χ3v) is 5.71. The van der Waals surface area contributed by atoms with Crippen molar-refractivity contribution < 1.29 is 9.53 Å². The van der Waals surface area contributed by atoms with Crippen molar-refractivity contribution in [3.05, 3.63) is 120 Å². The Morgan fingerprint density at radius 3 is 1.88 bits per heavy atom. The molecule has 3 aromatic carbocycles. The molecule has 2 heterocycles. The van der Waals surface area contributed by atoms with Crippen molar-refractivity contribution in [1.29, 1.82) is 0 Å². The zero-order valence-electron chi connectivity index (χ0n) is 18.0. The van der Waals surface area contributed by atoms with Crippen LogP contribution in [0.15, 0.2) is 103 Å². The molecule has 158 valence electrons. The SMILES string of the molecule is CN(C)c1ccc(C2(N(c3ccccc3)c3ccccc3)OC(=O)c3cccnc32)cc1. The molecule has 4 aromatic rings. The number of hydrogen-bond acceptors (Lipinski definition) is 5. The molecule has 1 aromatic heterocycles. The molecular formula is C27H23N3O2. The van der Waals surface area contributed by atoms with Gasteiger partial charge in [0.05, 0.1) is 5.56 Å². The third-order valence-electron chi connectivity index (χ3n) is 5.71. The summed E-state index contributed by atoms with van der Waals surface area (Å²) in [5.74, 6) is -0.387. The highest BCUT2D eigenvalue weighted by Gasteiger charge is 2.54. The van der Waals surface area contributed by atoms with Gasteiger partial charge in [-0.15, -0.1) is 0 Å². The van der Waals surface area contributed by atoms with Crippen molar-refractivity contribution >= 4 is 23.0 Å². The number of nitrogens with zero attached hydrogens (tertiary/aromatic N) is 3. The van der Waals surface area contributed by atoms with E-state index in [0.717, 1.165) is 22.6 Å². The van der Waals surface area contributed by atoms with E-state index in [2.05, 4.69) is 9.88 Å². The summed E-state index contributed by atoms with van der Waals surface area (Å²) in [6, 6.07) is 31.5. The number of pyridine rings is 1. The van der Waals surface area contributed by atoms with Gasteiger partial charge in [-0.1, -0.05) is 48.5 Å². The second kappa shape index (κ2) is 7.85. The molecule has 0 saturated carbocycles. The van der Waals surface area contributed by atoms with Crippen LogP contribution in [0.3, 0.4) is 0 Å². The fourth-order valence-electron chi connectivity index (χ4n) is 4.21. The summed E-state index contributed by atoms with van der Waals surface area (Å²) in [5.41, 5.74) is 3.46. The van der Waals surface area contributed by atoms with Crippen molar-refractivity contribution in [3.8, 4) is 0 Å². The van der Waals surface area contributed by atoms with Gasteiger partial charge < -0.3 is 9.64 Å². The Labute approximate surface area is 187 Å². The standard InChI is InChI=1S/C27H23N3O2/c1-29(2)21-17-15-20(16-18-21)27(25-24(26(31)32-27)14-9-19-28-25)30(22-10-5-3-6-11-22)23-12-7-4-8-13-23/h3-19H,1-2H3. The highest BCUT2D eigenvalue weighted by atomic mass is 16.6. The molecule has 32 heavy (non-hydrogen) atoms. The summed E-state index contributed by atoms with van der Waals surface area (Å²) >= 11 is 0. The van der Waals surface area contributed by atoms with Gasteiger partial charge in [0.25, 0.3) is 5.72 Å². The van der Waals surface area contributed by atoms with Crippen LogP contribution in [0.1, 0.15) is 21.6 Å². The topological polar surface area (TPSA) is 45.7 Å². The number of fused-ring (bicyclic) bond motifs is 1. The summed E-state index contributed by atoms with van der Waals surface area (Å²) in [6.07, 6.45) is 1.71. The molecule has 1 unspecified atom stereocenters. The zero-order valence-corrected chi connectivity index (χ0v) is 18.0. The van der Waals surface area contributed by atoms with Crippen LogP contribution in [0.2, 0.25) is 0 Å². The van der Waals surface area contributed by atoms with Gasteiger partial charge in [-0.05, 0) is 48.5 Å². The first-order chi connectivity index (χ1) is 15.6. The number of aromatic nitrogens is 1. The van der Waals surface area contributed by atoms with Crippen LogP contribution in [-0.4, -0.2) is 25.0 Å². The Balaban J connectivity index is 1.83. The average Bonchev–Trinajstić information content (AvgIpc) is 3.14. The number of rotatable bonds is 5. The maximum Gasteiger partial charge on any atom is 0.342 e. The molecule has 0 amide bonds. The number of cyclic esters (lactones) is 1. The minimum atomic E-state index is -1.25. The lowest BCUT2D eigenvalue weighted by molar-refractivity contribution is 0.0122. The molecule has 1 atom stereocenters. The Kier molecular flexibility index (Phi) is 4.86. The van der Waals surface area contributed by atoms with Crippen molar-refractivity contribution in [2.45, 2.75) is 5.72 Å². The number of carbonyl (C=O) groups is 1. The summed E-state index contributed by atoms with van der Waals surface area (Å²) < 4.78 is 6.29. The van der Waals surface area contributed by atoms with Gasteiger partial charge in [-0.3, -0.25) is 9.88 Å². The Bertz CT molecular complexity index is 1200. The predicted octanol–water partition coefficient (Wildman–Crippen LogP) is 5.36. The summed E-state index contributed by atoms with van der Waals surface area (Å²) in [7, 11) is 3.99. The van der Waals surface area contributed by atoms with E-state index in [1.807, 2.05) is 104 Å². The van der Waals surface area contributed by atoms with Crippen LogP contribution in [-0.2, 0) is 10.5 Å². The van der Waals surface area contributed by atoms with E-state index in [1.54, 1.807) is 18.3 Å². The fourth-order valence-corrected chi connectivity index (χ4v) is 4.21. The van der Waals surface area contributed by atoms with Gasteiger partial charge in [0.15, 0.2) is 0 Å². The summed E-state index contributed by atoms with van der Waals surface area (Å²) in [6.45, 7) is 0. The van der Waals surface area contributed by atoms with Crippen LogP contribution in [0, 0.1) is 0 Å². The molecule has 5 heteroatoms. The van der Waals surface area contributed by atoms with Gasteiger partial charge in [-0.25, -0.2) is 4.79 Å². The number of esters is 1. The second-order valence-electron chi connectivity index (χ2n) is 7.88. The lowest BCUT2D eigenvalue weighted by Crippen LogP contribution is -2.45. The lowest BCUT2D eigenvalue weighted by Gasteiger charge is -2.41. The van der Waals surface area contributed by atoms with Gasteiger partial charge in [0, 0.05) is 42.9 Å². The molecule has 0 aliphatic carbocycles. The number of ether oxygens (including phenoxy) is 1. The van der Waals surface area contributed by atoms with Gasteiger partial charge >= 0.3 is 5.97 Å². The third kappa shape index (κ3) is 3.10. The van der Waals surface area contributed by atoms with Crippen molar-refractivity contribution in [2.24, 2.45) is 0 Å². The Hall–Kier alpha value is -4.12. The van der Waals surface area contributed by atoms with Crippen LogP contribution < -0.4 is 9.80 Å². The number of para-hydroxylation sites is 2. The monoisotopic (exact) mass is 421 g/mol. The van der Waals surface area contributed by atoms with Crippen molar-refractivity contribution in [1.82, 2.24) is 4.98 Å². The van der Waals surface area contributed by atoms with Gasteiger partial charge in [-0.2, -0.15) is 0 Å². The quantitative estimate of drug-likeness (QED) is 0.406.